The van der Waals surface area contributed by atoms with Crippen molar-refractivity contribution in [3.05, 3.63) is 132 Å². The maximum absolute atomic E-state index is 14.6. The van der Waals surface area contributed by atoms with E-state index in [0.29, 0.717) is 0 Å². The van der Waals surface area contributed by atoms with Gasteiger partial charge in [0.1, 0.15) is 6.10 Å². The summed E-state index contributed by atoms with van der Waals surface area (Å²) in [5, 5.41) is 39.2. The van der Waals surface area contributed by atoms with Gasteiger partial charge in [-0.1, -0.05) is 152 Å². The van der Waals surface area contributed by atoms with Crippen molar-refractivity contribution in [2.45, 2.75) is 55.1 Å². The number of carbonyl (C=O) groups is 2. The highest BCUT2D eigenvalue weighted by Gasteiger charge is 2.77. The lowest BCUT2D eigenvalue weighted by Gasteiger charge is -2.50. The van der Waals surface area contributed by atoms with Gasteiger partial charge in [-0.05, 0) is 5.04 Å². The Morgan fingerprint density at radius 2 is 1.07 bits per heavy atom. The number of Topliss-reactive ketones (excluding diaryl/α,β-unsaturated/α-hetero) is 2. The van der Waals surface area contributed by atoms with Crippen molar-refractivity contribution in [2.24, 2.45) is 0 Å². The van der Waals surface area contributed by atoms with Gasteiger partial charge in [0.25, 0.3) is 0 Å². The number of ketones is 2. The average Bonchev–Trinajstić information content (AvgIpc) is 3.29. The van der Waals surface area contributed by atoms with Gasteiger partial charge >= 0.3 is 0 Å². The third kappa shape index (κ3) is 4.70. The minimum absolute atomic E-state index is 0.0364. The average molecular weight is 611 g/mol. The van der Waals surface area contributed by atoms with Crippen LogP contribution in [0.4, 0.5) is 0 Å². The first-order valence-corrected chi connectivity index (χ1v) is 16.6. The molecule has 0 amide bonds. The van der Waals surface area contributed by atoms with Crippen molar-refractivity contribution in [2.75, 3.05) is 7.11 Å². The van der Waals surface area contributed by atoms with Crippen molar-refractivity contribution in [3.8, 4) is 0 Å². The molecule has 5 rings (SSSR count). The van der Waals surface area contributed by atoms with Crippen LogP contribution in [0, 0.1) is 0 Å². The summed E-state index contributed by atoms with van der Waals surface area (Å²) in [6, 6.07) is 34.8. The smallest absolute Gasteiger partial charge is 0.217 e. The standard InChI is InChI=1S/C36H38O7Si/c1-34(2,3)44(27-21-13-7-14-22-27,28-23-15-8-16-24-28)32(39)31-35(40,29(37)25-17-9-5-10-18-25)36(41,33(42-4)43-31)30(38)26-19-11-6-12-20-26/h5-24,31-33,39-41H,1-4H3/t31-,32?,33-,35-,36+/m1/s1. The molecule has 7 nitrogen and oxygen atoms in total. The monoisotopic (exact) mass is 610 g/mol. The van der Waals surface area contributed by atoms with Crippen LogP contribution in [0.5, 0.6) is 0 Å². The molecule has 8 heteroatoms. The molecule has 3 N–H and O–H groups in total. The first-order valence-electron chi connectivity index (χ1n) is 14.6. The zero-order valence-electron chi connectivity index (χ0n) is 25.3. The second-order valence-electron chi connectivity index (χ2n) is 12.3. The van der Waals surface area contributed by atoms with Gasteiger partial charge in [-0.25, -0.2) is 0 Å². The van der Waals surface area contributed by atoms with E-state index in [1.165, 1.54) is 31.4 Å². The molecule has 0 radical (unpaired) electrons. The van der Waals surface area contributed by atoms with E-state index in [1.54, 1.807) is 36.4 Å². The van der Waals surface area contributed by atoms with E-state index in [1.807, 2.05) is 81.4 Å². The van der Waals surface area contributed by atoms with E-state index >= 15 is 0 Å². The topological polar surface area (TPSA) is 113 Å². The minimum atomic E-state index is -3.53. The maximum Gasteiger partial charge on any atom is 0.217 e. The maximum atomic E-state index is 14.6. The predicted molar refractivity (Wildman–Crippen MR) is 171 cm³/mol. The Bertz CT molecular complexity index is 1550. The van der Waals surface area contributed by atoms with Crippen molar-refractivity contribution < 1.29 is 34.4 Å². The van der Waals surface area contributed by atoms with Gasteiger partial charge in [-0.2, -0.15) is 0 Å². The zero-order valence-corrected chi connectivity index (χ0v) is 26.3. The van der Waals surface area contributed by atoms with Crippen LogP contribution in [-0.4, -0.2) is 71.4 Å². The largest absolute Gasteiger partial charge is 0.393 e. The molecule has 0 saturated carbocycles. The molecule has 0 spiro atoms. The molecule has 0 aromatic heterocycles. The minimum Gasteiger partial charge on any atom is -0.393 e. The van der Waals surface area contributed by atoms with Crippen LogP contribution in [0.3, 0.4) is 0 Å². The van der Waals surface area contributed by atoms with Gasteiger partial charge in [-0.3, -0.25) is 9.59 Å². The Hall–Kier alpha value is -3.76. The number of carbonyl (C=O) groups excluding carboxylic acids is 2. The summed E-state index contributed by atoms with van der Waals surface area (Å²) < 4.78 is 11.8. The third-order valence-corrected chi connectivity index (χ3v) is 15.0. The van der Waals surface area contributed by atoms with E-state index in [9.17, 15) is 24.9 Å². The van der Waals surface area contributed by atoms with Crippen LogP contribution in [0.2, 0.25) is 5.04 Å². The molecule has 4 aromatic carbocycles. The lowest BCUT2D eigenvalue weighted by Crippen LogP contribution is -2.78. The molecule has 44 heavy (non-hydrogen) atoms. The predicted octanol–water partition coefficient (Wildman–Crippen LogP) is 3.55. The zero-order chi connectivity index (χ0) is 31.8. The highest BCUT2D eigenvalue weighted by atomic mass is 28.3. The third-order valence-electron chi connectivity index (χ3n) is 8.95. The Morgan fingerprint density at radius 3 is 1.43 bits per heavy atom. The van der Waals surface area contributed by atoms with E-state index in [4.69, 9.17) is 9.47 Å². The van der Waals surface area contributed by atoms with Crippen LogP contribution >= 0.6 is 0 Å². The van der Waals surface area contributed by atoms with Crippen LogP contribution in [0.25, 0.3) is 0 Å². The molecule has 1 heterocycles. The highest BCUT2D eigenvalue weighted by Crippen LogP contribution is 2.49. The first-order chi connectivity index (χ1) is 21.0. The number of hydrogen-bond donors (Lipinski definition) is 3. The molecule has 1 fully saturated rings. The summed E-state index contributed by atoms with van der Waals surface area (Å²) in [5.41, 5.74) is -7.36. The molecule has 4 aromatic rings. The number of benzene rings is 4. The van der Waals surface area contributed by atoms with Gasteiger partial charge in [0.2, 0.25) is 17.2 Å². The summed E-state index contributed by atoms with van der Waals surface area (Å²) in [6.07, 6.45) is -3.56. The molecule has 0 bridgehead atoms. The van der Waals surface area contributed by atoms with Gasteiger partial charge in [0.15, 0.2) is 20.0 Å². The second kappa shape index (κ2) is 12.0. The molecule has 0 aliphatic carbocycles. The Kier molecular flexibility index (Phi) is 8.61. The summed E-state index contributed by atoms with van der Waals surface area (Å²) in [4.78, 5) is 28.8. The fraction of sp³-hybridized carbons (Fsp3) is 0.278. The number of ether oxygens (including phenoxy) is 2. The number of hydrogen-bond acceptors (Lipinski definition) is 7. The summed E-state index contributed by atoms with van der Waals surface area (Å²) in [6.45, 7) is 6.01. The number of aliphatic hydroxyl groups is 3. The van der Waals surface area contributed by atoms with E-state index in [-0.39, 0.29) is 11.1 Å². The van der Waals surface area contributed by atoms with Crippen LogP contribution in [-0.2, 0) is 9.47 Å². The number of aliphatic hydroxyl groups excluding tert-OH is 1. The van der Waals surface area contributed by atoms with E-state index in [2.05, 4.69) is 0 Å². The number of rotatable bonds is 9. The lowest BCUT2D eigenvalue weighted by atomic mass is 9.71. The van der Waals surface area contributed by atoms with E-state index in [0.717, 1.165) is 10.4 Å². The molecule has 1 unspecified atom stereocenters. The summed E-state index contributed by atoms with van der Waals surface area (Å²) >= 11 is 0. The first kappa shape index (κ1) is 31.7. The van der Waals surface area contributed by atoms with E-state index < -0.39 is 54.0 Å². The van der Waals surface area contributed by atoms with Gasteiger partial charge in [0, 0.05) is 18.2 Å². The Balaban J connectivity index is 1.82. The molecule has 1 saturated heterocycles. The fourth-order valence-corrected chi connectivity index (χ4v) is 12.8. The molecule has 5 atom stereocenters. The molecular weight excluding hydrogens is 572 g/mol. The number of methoxy groups -OCH3 is 1. The van der Waals surface area contributed by atoms with Crippen LogP contribution in [0.15, 0.2) is 121 Å². The van der Waals surface area contributed by atoms with Crippen molar-refractivity contribution in [3.63, 3.8) is 0 Å². The van der Waals surface area contributed by atoms with Gasteiger partial charge in [-0.15, -0.1) is 0 Å². The van der Waals surface area contributed by atoms with Crippen LogP contribution in [0.1, 0.15) is 41.5 Å². The van der Waals surface area contributed by atoms with Crippen LogP contribution < -0.4 is 10.4 Å². The normalized spacial score (nSPS) is 24.5. The van der Waals surface area contributed by atoms with Crippen molar-refractivity contribution in [1.82, 2.24) is 0 Å². The van der Waals surface area contributed by atoms with Crippen molar-refractivity contribution >= 4 is 30.0 Å². The molecule has 1 aliphatic heterocycles. The lowest BCUT2D eigenvalue weighted by molar-refractivity contribution is -0.180. The van der Waals surface area contributed by atoms with Crippen molar-refractivity contribution in [1.29, 1.82) is 0 Å². The quantitative estimate of drug-likeness (QED) is 0.196. The fourth-order valence-electron chi connectivity index (χ4n) is 6.90. The Morgan fingerprint density at radius 1 is 0.705 bits per heavy atom. The van der Waals surface area contributed by atoms with Gasteiger partial charge < -0.3 is 24.8 Å². The SMILES string of the molecule is CO[C@@H]1O[C@H](C(O)[Si](c2ccccc2)(c2ccccc2)C(C)(C)C)[C@](O)(C(=O)c2ccccc2)[C@]1(O)C(=O)c1ccccc1. The summed E-state index contributed by atoms with van der Waals surface area (Å²) in [7, 11) is -2.31. The Labute approximate surface area is 258 Å². The molecule has 228 valence electrons. The second-order valence-corrected chi connectivity index (χ2v) is 17.1. The molecule has 1 aliphatic rings. The van der Waals surface area contributed by atoms with Gasteiger partial charge in [0.05, 0.1) is 5.73 Å². The molecular formula is C36H38O7Si. The summed E-state index contributed by atoms with van der Waals surface area (Å²) in [5.74, 6) is -1.93. The highest BCUT2D eigenvalue weighted by molar-refractivity contribution is 7.05.